The molecule has 82 valence electrons. The van der Waals surface area contributed by atoms with E-state index in [1.807, 2.05) is 0 Å². The SMILES string of the molecule is O=C([O-])c1c2ccccc2[o+]c2ccccc12. The van der Waals surface area contributed by atoms with E-state index in [0.29, 0.717) is 21.9 Å². The lowest BCUT2D eigenvalue weighted by Crippen LogP contribution is -2.22. The van der Waals surface area contributed by atoms with Crippen LogP contribution in [-0.2, 0) is 0 Å². The Labute approximate surface area is 96.9 Å². The number of fused-ring (bicyclic) bond motifs is 2. The molecule has 0 fully saturated rings. The van der Waals surface area contributed by atoms with Crippen molar-refractivity contribution in [2.24, 2.45) is 0 Å². The number of carbonyl (C=O) groups is 1. The minimum atomic E-state index is -1.19. The zero-order valence-electron chi connectivity index (χ0n) is 8.84. The van der Waals surface area contributed by atoms with Gasteiger partial charge in [0.1, 0.15) is 0 Å². The van der Waals surface area contributed by atoms with E-state index in [9.17, 15) is 9.90 Å². The zero-order valence-corrected chi connectivity index (χ0v) is 8.84. The summed E-state index contributed by atoms with van der Waals surface area (Å²) < 4.78 is 5.65. The molecule has 0 saturated carbocycles. The summed E-state index contributed by atoms with van der Waals surface area (Å²) >= 11 is 0. The number of carboxylic acid groups (broad SMARTS) is 1. The smallest absolute Gasteiger partial charge is 0.361 e. The predicted molar refractivity (Wildman–Crippen MR) is 62.5 cm³/mol. The van der Waals surface area contributed by atoms with Crippen LogP contribution in [0.1, 0.15) is 10.4 Å². The number of para-hydroxylation sites is 2. The molecule has 3 aromatic rings. The van der Waals surface area contributed by atoms with Crippen molar-refractivity contribution >= 4 is 27.9 Å². The van der Waals surface area contributed by atoms with Gasteiger partial charge in [0, 0.05) is 17.7 Å². The number of benzene rings is 2. The molecule has 1 heterocycles. The summed E-state index contributed by atoms with van der Waals surface area (Å²) in [7, 11) is 0. The Morgan fingerprint density at radius 2 is 1.35 bits per heavy atom. The molecule has 0 amide bonds. The number of carbonyl (C=O) groups excluding carboxylic acids is 1. The second-order valence-corrected chi connectivity index (χ2v) is 3.76. The third-order valence-electron chi connectivity index (χ3n) is 2.74. The van der Waals surface area contributed by atoms with E-state index in [2.05, 4.69) is 0 Å². The maximum atomic E-state index is 11.3. The molecule has 3 rings (SSSR count). The Balaban J connectivity index is 2.61. The number of rotatable bonds is 1. The second kappa shape index (κ2) is 3.56. The van der Waals surface area contributed by atoms with Gasteiger partial charge in [0.05, 0.1) is 16.7 Å². The summed E-state index contributed by atoms with van der Waals surface area (Å²) in [5.74, 6) is -1.19. The Bertz CT molecular complexity index is 678. The molecule has 0 saturated heterocycles. The van der Waals surface area contributed by atoms with Crippen LogP contribution in [-0.4, -0.2) is 5.97 Å². The number of aromatic carboxylic acids is 1. The number of hydrogen-bond donors (Lipinski definition) is 0. The van der Waals surface area contributed by atoms with Crippen LogP contribution in [0.3, 0.4) is 0 Å². The first-order chi connectivity index (χ1) is 8.27. The molecule has 0 N–H and O–H groups in total. The summed E-state index contributed by atoms with van der Waals surface area (Å²) in [5.41, 5.74) is 1.28. The quantitative estimate of drug-likeness (QED) is 0.470. The van der Waals surface area contributed by atoms with Crippen molar-refractivity contribution in [1.29, 1.82) is 0 Å². The summed E-state index contributed by atoms with van der Waals surface area (Å²) in [6.07, 6.45) is 0. The number of carboxylic acids is 1. The van der Waals surface area contributed by atoms with Gasteiger partial charge in [-0.05, 0) is 12.1 Å². The second-order valence-electron chi connectivity index (χ2n) is 3.76. The van der Waals surface area contributed by atoms with Gasteiger partial charge in [0.2, 0.25) is 0 Å². The van der Waals surface area contributed by atoms with E-state index in [1.54, 1.807) is 48.5 Å². The maximum Gasteiger partial charge on any atom is 0.361 e. The molecule has 1 aromatic heterocycles. The lowest BCUT2D eigenvalue weighted by atomic mass is 10.0. The van der Waals surface area contributed by atoms with Gasteiger partial charge in [-0.2, -0.15) is 0 Å². The van der Waals surface area contributed by atoms with Crippen LogP contribution in [0.2, 0.25) is 0 Å². The summed E-state index contributed by atoms with van der Waals surface area (Å²) in [6, 6.07) is 14.1. The molecular formula is C14H8O3. The fourth-order valence-electron chi connectivity index (χ4n) is 2.01. The lowest BCUT2D eigenvalue weighted by molar-refractivity contribution is -0.254. The fraction of sp³-hybridized carbons (Fsp3) is 0. The van der Waals surface area contributed by atoms with E-state index in [-0.39, 0.29) is 5.56 Å². The van der Waals surface area contributed by atoms with Crippen LogP contribution in [0.25, 0.3) is 21.9 Å². The number of hydrogen-bond acceptors (Lipinski definition) is 2. The van der Waals surface area contributed by atoms with Gasteiger partial charge < -0.3 is 9.90 Å². The normalized spacial score (nSPS) is 10.8. The summed E-state index contributed by atoms with van der Waals surface area (Å²) in [4.78, 5) is 11.3. The highest BCUT2D eigenvalue weighted by Crippen LogP contribution is 2.27. The molecule has 0 atom stereocenters. The summed E-state index contributed by atoms with van der Waals surface area (Å²) in [6.45, 7) is 0. The third kappa shape index (κ3) is 1.44. The topological polar surface area (TPSA) is 51.4 Å². The van der Waals surface area contributed by atoms with Gasteiger partial charge >= 0.3 is 11.2 Å². The van der Waals surface area contributed by atoms with E-state index >= 15 is 0 Å². The van der Waals surface area contributed by atoms with Crippen LogP contribution in [0.4, 0.5) is 0 Å². The molecule has 0 unspecified atom stereocenters. The molecule has 17 heavy (non-hydrogen) atoms. The molecule has 0 aliphatic rings. The van der Waals surface area contributed by atoms with Crippen LogP contribution in [0.5, 0.6) is 0 Å². The average molecular weight is 224 g/mol. The van der Waals surface area contributed by atoms with E-state index in [4.69, 9.17) is 4.42 Å². The molecule has 0 aliphatic carbocycles. The third-order valence-corrected chi connectivity index (χ3v) is 2.74. The van der Waals surface area contributed by atoms with E-state index < -0.39 is 5.97 Å². The van der Waals surface area contributed by atoms with Gasteiger partial charge in [-0.3, -0.25) is 0 Å². The molecule has 3 heteroatoms. The van der Waals surface area contributed by atoms with Crippen molar-refractivity contribution in [3.05, 3.63) is 54.1 Å². The van der Waals surface area contributed by atoms with Gasteiger partial charge in [0.15, 0.2) is 0 Å². The Kier molecular flexibility index (Phi) is 2.05. The Hall–Kier alpha value is -2.42. The first-order valence-corrected chi connectivity index (χ1v) is 5.22. The van der Waals surface area contributed by atoms with Crippen molar-refractivity contribution < 1.29 is 14.3 Å². The van der Waals surface area contributed by atoms with Crippen molar-refractivity contribution in [2.75, 3.05) is 0 Å². The maximum absolute atomic E-state index is 11.3. The highest BCUT2D eigenvalue weighted by atomic mass is 16.4. The molecular weight excluding hydrogens is 216 g/mol. The lowest BCUT2D eigenvalue weighted by Gasteiger charge is -2.04. The minimum absolute atomic E-state index is 0.183. The zero-order chi connectivity index (χ0) is 11.8. The Morgan fingerprint density at radius 1 is 0.882 bits per heavy atom. The predicted octanol–water partition coefficient (Wildman–Crippen LogP) is 2.23. The van der Waals surface area contributed by atoms with Crippen LogP contribution in [0.15, 0.2) is 52.9 Å². The molecule has 0 spiro atoms. The monoisotopic (exact) mass is 224 g/mol. The Morgan fingerprint density at radius 3 is 1.82 bits per heavy atom. The van der Waals surface area contributed by atoms with Gasteiger partial charge in [-0.25, -0.2) is 4.42 Å². The fourth-order valence-corrected chi connectivity index (χ4v) is 2.01. The van der Waals surface area contributed by atoms with Gasteiger partial charge in [-0.1, -0.05) is 24.3 Å². The van der Waals surface area contributed by atoms with E-state index in [1.165, 1.54) is 0 Å². The molecule has 0 bridgehead atoms. The van der Waals surface area contributed by atoms with Crippen LogP contribution < -0.4 is 5.11 Å². The highest BCUT2D eigenvalue weighted by Gasteiger charge is 2.18. The van der Waals surface area contributed by atoms with Crippen LogP contribution >= 0.6 is 0 Å². The standard InChI is InChI=1S/C14H8O3/c15-14(16)13-9-5-1-3-7-11(9)17-12-8-4-2-6-10(12)13/h1-8H. The van der Waals surface area contributed by atoms with Crippen molar-refractivity contribution in [2.45, 2.75) is 0 Å². The highest BCUT2D eigenvalue weighted by molar-refractivity contribution is 6.11. The molecule has 0 aliphatic heterocycles. The van der Waals surface area contributed by atoms with Crippen LogP contribution in [0, 0.1) is 0 Å². The molecule has 0 radical (unpaired) electrons. The van der Waals surface area contributed by atoms with Crippen molar-refractivity contribution in [3.8, 4) is 0 Å². The first-order valence-electron chi connectivity index (χ1n) is 5.22. The molecule has 3 nitrogen and oxygen atoms in total. The first kappa shape index (κ1) is 9.78. The largest absolute Gasteiger partial charge is 0.545 e. The minimum Gasteiger partial charge on any atom is -0.545 e. The van der Waals surface area contributed by atoms with Crippen molar-refractivity contribution in [3.63, 3.8) is 0 Å². The van der Waals surface area contributed by atoms with Crippen molar-refractivity contribution in [1.82, 2.24) is 0 Å². The van der Waals surface area contributed by atoms with E-state index in [0.717, 1.165) is 0 Å². The molecule has 2 aromatic carbocycles. The average Bonchev–Trinajstić information content (AvgIpc) is 2.35. The summed E-state index contributed by atoms with van der Waals surface area (Å²) in [5, 5.41) is 12.4. The van der Waals surface area contributed by atoms with Gasteiger partial charge in [-0.15, -0.1) is 0 Å². The van der Waals surface area contributed by atoms with Gasteiger partial charge in [0.25, 0.3) is 0 Å².